The predicted octanol–water partition coefficient (Wildman–Crippen LogP) is -1.82. The maximum atomic E-state index is 11.8. The molecule has 0 amide bonds. The van der Waals surface area contributed by atoms with Crippen molar-refractivity contribution in [3.05, 3.63) is 34.9 Å². The van der Waals surface area contributed by atoms with Crippen molar-refractivity contribution in [2.45, 2.75) is 18.9 Å². The Balaban J connectivity index is 0.00000162. The van der Waals surface area contributed by atoms with Gasteiger partial charge in [0, 0.05) is 17.9 Å². The minimum absolute atomic E-state index is 0. The van der Waals surface area contributed by atoms with Crippen LogP contribution in [-0.4, -0.2) is 32.2 Å². The number of carbonyl (C=O) groups is 1. The molecular weight excluding hydrogens is 273 g/mol. The molecule has 1 saturated heterocycles. The number of nitrogens with one attached hydrogen (secondary N) is 1. The number of hydrogen-bond acceptors (Lipinski definition) is 2. The van der Waals surface area contributed by atoms with Crippen LogP contribution >= 0.6 is 11.6 Å². The van der Waals surface area contributed by atoms with Gasteiger partial charge in [0.1, 0.15) is 6.10 Å². The van der Waals surface area contributed by atoms with Crippen LogP contribution in [0.3, 0.4) is 0 Å². The molecule has 18 heavy (non-hydrogen) atoms. The van der Waals surface area contributed by atoms with Gasteiger partial charge in [-0.2, -0.15) is 0 Å². The summed E-state index contributed by atoms with van der Waals surface area (Å²) in [6.45, 7) is 2.14. The third-order valence-corrected chi connectivity index (χ3v) is 3.39. The van der Waals surface area contributed by atoms with Gasteiger partial charge in [-0.1, -0.05) is 11.6 Å². The molecule has 1 aromatic rings. The van der Waals surface area contributed by atoms with Crippen molar-refractivity contribution in [1.29, 1.82) is 0 Å². The topological polar surface area (TPSA) is 30.7 Å². The molecule has 1 fully saturated rings. The number of likely N-dealkylation sites (tertiary alicyclic amines) is 1. The minimum atomic E-state index is -0.244. The number of ether oxygens (including phenoxy) is 1. The van der Waals surface area contributed by atoms with E-state index in [9.17, 15) is 4.79 Å². The SMILES string of the molecule is C[NH+]1CCC(OC(=O)c2ccc(Cl)cc2)CC1.[Cl-]. The van der Waals surface area contributed by atoms with Crippen molar-refractivity contribution in [2.24, 2.45) is 0 Å². The molecule has 0 aliphatic carbocycles. The lowest BCUT2D eigenvalue weighted by Crippen LogP contribution is -3.10. The van der Waals surface area contributed by atoms with Crippen LogP contribution in [0.4, 0.5) is 0 Å². The van der Waals surface area contributed by atoms with Gasteiger partial charge in [0.05, 0.1) is 25.7 Å². The van der Waals surface area contributed by atoms with Crippen LogP contribution in [0.5, 0.6) is 0 Å². The fraction of sp³-hybridized carbons (Fsp3) is 0.462. The summed E-state index contributed by atoms with van der Waals surface area (Å²) >= 11 is 5.77. The maximum absolute atomic E-state index is 11.8. The Morgan fingerprint density at radius 1 is 1.28 bits per heavy atom. The van der Waals surface area contributed by atoms with Gasteiger partial charge >= 0.3 is 5.97 Å². The minimum Gasteiger partial charge on any atom is -1.00 e. The summed E-state index contributed by atoms with van der Waals surface area (Å²) in [6.07, 6.45) is 1.97. The second kappa shape index (κ2) is 6.98. The second-order valence-corrected chi connectivity index (χ2v) is 5.01. The Labute approximate surface area is 118 Å². The van der Waals surface area contributed by atoms with Crippen molar-refractivity contribution >= 4 is 17.6 Å². The lowest BCUT2D eigenvalue weighted by molar-refractivity contribution is -0.885. The standard InChI is InChI=1S/C13H16ClNO2.ClH/c1-15-8-6-12(7-9-15)17-13(16)10-2-4-11(14)5-3-10;/h2-5,12H,6-9H2,1H3;1H. The van der Waals surface area contributed by atoms with E-state index in [0.717, 1.165) is 25.9 Å². The number of halogens is 2. The summed E-state index contributed by atoms with van der Waals surface area (Å²) in [5.41, 5.74) is 0.570. The predicted molar refractivity (Wildman–Crippen MR) is 66.5 cm³/mol. The van der Waals surface area contributed by atoms with Crippen LogP contribution in [0.15, 0.2) is 24.3 Å². The molecule has 0 bridgehead atoms. The van der Waals surface area contributed by atoms with E-state index in [4.69, 9.17) is 16.3 Å². The zero-order valence-electron chi connectivity index (χ0n) is 10.3. The summed E-state index contributed by atoms with van der Waals surface area (Å²) < 4.78 is 5.47. The number of carbonyl (C=O) groups excluding carboxylic acids is 1. The van der Waals surface area contributed by atoms with E-state index in [2.05, 4.69) is 7.05 Å². The lowest BCUT2D eigenvalue weighted by Gasteiger charge is -2.26. The van der Waals surface area contributed by atoms with Crippen molar-refractivity contribution < 1.29 is 26.8 Å². The molecule has 0 atom stereocenters. The highest BCUT2D eigenvalue weighted by Crippen LogP contribution is 2.13. The lowest BCUT2D eigenvalue weighted by atomic mass is 10.1. The van der Waals surface area contributed by atoms with Gasteiger partial charge in [-0.3, -0.25) is 0 Å². The van der Waals surface area contributed by atoms with Crippen LogP contribution in [-0.2, 0) is 4.74 Å². The van der Waals surface area contributed by atoms with Gasteiger partial charge in [-0.05, 0) is 24.3 Å². The third kappa shape index (κ3) is 4.16. The fourth-order valence-electron chi connectivity index (χ4n) is 2.01. The van der Waals surface area contributed by atoms with Crippen LogP contribution in [0.25, 0.3) is 0 Å². The quantitative estimate of drug-likeness (QED) is 0.650. The van der Waals surface area contributed by atoms with E-state index in [0.29, 0.717) is 10.6 Å². The maximum Gasteiger partial charge on any atom is 0.338 e. The Bertz CT molecular complexity index is 386. The summed E-state index contributed by atoms with van der Waals surface area (Å²) in [7, 11) is 2.16. The number of piperidine rings is 1. The van der Waals surface area contributed by atoms with Crippen LogP contribution in [0.1, 0.15) is 23.2 Å². The molecule has 2 rings (SSSR count). The first-order chi connectivity index (χ1) is 8.15. The van der Waals surface area contributed by atoms with E-state index in [1.807, 2.05) is 0 Å². The van der Waals surface area contributed by atoms with E-state index in [-0.39, 0.29) is 24.5 Å². The first-order valence-corrected chi connectivity index (χ1v) is 6.31. The fourth-order valence-corrected chi connectivity index (χ4v) is 2.13. The molecule has 1 aliphatic rings. The Hall–Kier alpha value is -0.770. The monoisotopic (exact) mass is 289 g/mol. The summed E-state index contributed by atoms with van der Waals surface area (Å²) in [6, 6.07) is 6.81. The zero-order chi connectivity index (χ0) is 12.3. The summed E-state index contributed by atoms with van der Waals surface area (Å²) in [4.78, 5) is 13.3. The van der Waals surface area contributed by atoms with Gasteiger partial charge in [-0.25, -0.2) is 4.79 Å². The van der Waals surface area contributed by atoms with Gasteiger partial charge in [-0.15, -0.1) is 0 Å². The summed E-state index contributed by atoms with van der Waals surface area (Å²) in [5.74, 6) is -0.244. The number of rotatable bonds is 2. The van der Waals surface area contributed by atoms with Crippen molar-refractivity contribution in [1.82, 2.24) is 0 Å². The molecule has 1 N–H and O–H groups in total. The molecule has 100 valence electrons. The third-order valence-electron chi connectivity index (χ3n) is 3.14. The zero-order valence-corrected chi connectivity index (χ0v) is 11.8. The smallest absolute Gasteiger partial charge is 0.338 e. The van der Waals surface area contributed by atoms with Crippen LogP contribution in [0, 0.1) is 0 Å². The molecule has 0 unspecified atom stereocenters. The van der Waals surface area contributed by atoms with Crippen molar-refractivity contribution in [3.8, 4) is 0 Å². The number of quaternary nitrogens is 1. The number of esters is 1. The molecule has 3 nitrogen and oxygen atoms in total. The van der Waals surface area contributed by atoms with Crippen LogP contribution in [0.2, 0.25) is 5.02 Å². The highest BCUT2D eigenvalue weighted by Gasteiger charge is 2.23. The van der Waals surface area contributed by atoms with Crippen LogP contribution < -0.4 is 17.3 Å². The Morgan fingerprint density at radius 2 is 1.83 bits per heavy atom. The average molecular weight is 290 g/mol. The molecule has 1 aliphatic heterocycles. The molecule has 0 saturated carbocycles. The number of hydrogen-bond donors (Lipinski definition) is 1. The average Bonchev–Trinajstić information content (AvgIpc) is 2.33. The van der Waals surface area contributed by atoms with E-state index < -0.39 is 0 Å². The van der Waals surface area contributed by atoms with Crippen molar-refractivity contribution in [2.75, 3.05) is 20.1 Å². The Morgan fingerprint density at radius 3 is 2.39 bits per heavy atom. The molecule has 1 aromatic carbocycles. The molecule has 0 aromatic heterocycles. The van der Waals surface area contributed by atoms with Gasteiger partial charge in [0.2, 0.25) is 0 Å². The summed E-state index contributed by atoms with van der Waals surface area (Å²) in [5, 5.41) is 0.629. The number of benzene rings is 1. The highest BCUT2D eigenvalue weighted by atomic mass is 35.5. The molecular formula is C13H17Cl2NO2. The molecule has 1 heterocycles. The van der Waals surface area contributed by atoms with E-state index >= 15 is 0 Å². The normalized spacial score (nSPS) is 23.0. The second-order valence-electron chi connectivity index (χ2n) is 4.57. The van der Waals surface area contributed by atoms with E-state index in [1.165, 1.54) is 4.90 Å². The van der Waals surface area contributed by atoms with Gasteiger partial charge < -0.3 is 22.0 Å². The first-order valence-electron chi connectivity index (χ1n) is 5.93. The largest absolute Gasteiger partial charge is 1.00 e. The van der Waals surface area contributed by atoms with Gasteiger partial charge in [0.15, 0.2) is 0 Å². The van der Waals surface area contributed by atoms with Crippen molar-refractivity contribution in [3.63, 3.8) is 0 Å². The molecule has 5 heteroatoms. The Kier molecular flexibility index (Phi) is 5.93. The molecule has 0 radical (unpaired) electrons. The highest BCUT2D eigenvalue weighted by molar-refractivity contribution is 6.30. The van der Waals surface area contributed by atoms with Gasteiger partial charge in [0.25, 0.3) is 0 Å². The first kappa shape index (κ1) is 15.3. The van der Waals surface area contributed by atoms with E-state index in [1.54, 1.807) is 24.3 Å². The molecule has 0 spiro atoms.